The first kappa shape index (κ1) is 6.03. The Hall–Kier alpha value is -1.10. The van der Waals surface area contributed by atoms with E-state index in [-0.39, 0.29) is 11.8 Å². The van der Waals surface area contributed by atoms with Crippen molar-refractivity contribution in [1.29, 1.82) is 0 Å². The molecule has 1 aliphatic rings. The molecule has 0 bridgehead atoms. The first-order valence-corrected chi connectivity index (χ1v) is 2.50. The number of rotatable bonds is 0. The highest BCUT2D eigenvalue weighted by molar-refractivity contribution is 6.39. The Kier molecular flexibility index (Phi) is 1.35. The molecule has 0 aliphatic carbocycles. The summed E-state index contributed by atoms with van der Waals surface area (Å²) in [6.07, 6.45) is 0. The minimum Gasteiger partial charge on any atom is -0.365 e. The molecule has 0 aromatic rings. The van der Waals surface area contributed by atoms with Crippen LogP contribution in [0.4, 0.5) is 0 Å². The van der Waals surface area contributed by atoms with Crippen molar-refractivity contribution in [2.24, 2.45) is 10.9 Å². The van der Waals surface area contributed by atoms with Gasteiger partial charge in [-0.05, 0) is 6.92 Å². The van der Waals surface area contributed by atoms with Crippen molar-refractivity contribution < 1.29 is 9.63 Å². The first-order chi connectivity index (χ1) is 4.25. The second-order valence-electron chi connectivity index (χ2n) is 1.74. The number of nitrogens with two attached hydrogens (primary N) is 1. The quantitative estimate of drug-likeness (QED) is 0.316. The smallest absolute Gasteiger partial charge is 0.365 e. The molecule has 0 aromatic carbocycles. The molecule has 1 aliphatic heterocycles. The number of hydrogen-bond acceptors (Lipinski definition) is 5. The molecule has 50 valence electrons. The van der Waals surface area contributed by atoms with Gasteiger partial charge in [-0.2, -0.15) is 5.10 Å². The lowest BCUT2D eigenvalue weighted by Crippen LogP contribution is -2.24. The van der Waals surface area contributed by atoms with Gasteiger partial charge in [-0.3, -0.25) is 0 Å². The zero-order chi connectivity index (χ0) is 6.85. The summed E-state index contributed by atoms with van der Waals surface area (Å²) >= 11 is 0. The minimum atomic E-state index is -0.495. The van der Waals surface area contributed by atoms with E-state index in [0.717, 1.165) is 0 Å². The summed E-state index contributed by atoms with van der Waals surface area (Å²) in [7, 11) is 0. The molecule has 1 unspecified atom stereocenters. The summed E-state index contributed by atoms with van der Waals surface area (Å²) in [5.41, 5.74) is 2.64. The van der Waals surface area contributed by atoms with E-state index >= 15 is 0 Å². The molecule has 0 amide bonds. The number of carbonyl (C=O) groups is 1. The molecule has 0 aromatic heterocycles. The van der Waals surface area contributed by atoms with Crippen LogP contribution in [0.5, 0.6) is 0 Å². The Morgan fingerprint density at radius 2 is 2.56 bits per heavy atom. The van der Waals surface area contributed by atoms with Gasteiger partial charge in [0, 0.05) is 0 Å². The van der Waals surface area contributed by atoms with Gasteiger partial charge in [0.15, 0.2) is 5.71 Å². The van der Waals surface area contributed by atoms with Gasteiger partial charge in [-0.25, -0.2) is 4.79 Å². The average Bonchev–Trinajstić information content (AvgIpc) is 2.12. The maximum atomic E-state index is 10.5. The van der Waals surface area contributed by atoms with Crippen molar-refractivity contribution in [1.82, 2.24) is 5.48 Å². The van der Waals surface area contributed by atoms with E-state index in [0.29, 0.717) is 0 Å². The molecule has 1 atom stereocenters. The molecule has 1 rings (SSSR count). The Morgan fingerprint density at radius 3 is 2.78 bits per heavy atom. The predicted molar refractivity (Wildman–Crippen MR) is 30.3 cm³/mol. The molecule has 1 heterocycles. The average molecular weight is 129 g/mol. The summed E-state index contributed by atoms with van der Waals surface area (Å²) in [5, 5.41) is 3.23. The molecule has 1 saturated heterocycles. The minimum absolute atomic E-state index is 0.192. The lowest BCUT2D eigenvalue weighted by Gasteiger charge is -1.93. The van der Waals surface area contributed by atoms with E-state index in [2.05, 4.69) is 15.4 Å². The second kappa shape index (κ2) is 2.02. The molecular formula is C4H7N3O2. The fourth-order valence-electron chi connectivity index (χ4n) is 0.591. The SMILES string of the molecule is CC1NOC(=O)C1=NN. The fraction of sp³-hybridized carbons (Fsp3) is 0.500. The maximum Gasteiger partial charge on any atom is 0.374 e. The highest BCUT2D eigenvalue weighted by Gasteiger charge is 2.28. The third kappa shape index (κ3) is 0.857. The fourth-order valence-corrected chi connectivity index (χ4v) is 0.591. The van der Waals surface area contributed by atoms with E-state index in [1.165, 1.54) is 0 Å². The van der Waals surface area contributed by atoms with Crippen LogP contribution in [0, 0.1) is 0 Å². The van der Waals surface area contributed by atoms with Crippen molar-refractivity contribution in [3.05, 3.63) is 0 Å². The molecule has 3 N–H and O–H groups in total. The van der Waals surface area contributed by atoms with Gasteiger partial charge in [-0.15, -0.1) is 5.48 Å². The van der Waals surface area contributed by atoms with E-state index < -0.39 is 5.97 Å². The molecule has 0 spiro atoms. The molecule has 5 nitrogen and oxygen atoms in total. The van der Waals surface area contributed by atoms with Crippen molar-refractivity contribution in [3.8, 4) is 0 Å². The van der Waals surface area contributed by atoms with E-state index in [1.54, 1.807) is 6.92 Å². The second-order valence-corrected chi connectivity index (χ2v) is 1.74. The van der Waals surface area contributed by atoms with Crippen LogP contribution in [0.3, 0.4) is 0 Å². The van der Waals surface area contributed by atoms with Crippen LogP contribution in [0.1, 0.15) is 6.92 Å². The van der Waals surface area contributed by atoms with Crippen molar-refractivity contribution in [2.45, 2.75) is 13.0 Å². The van der Waals surface area contributed by atoms with Crippen LogP contribution >= 0.6 is 0 Å². The molecular weight excluding hydrogens is 122 g/mol. The Balaban J connectivity index is 2.78. The number of hydroxylamine groups is 1. The van der Waals surface area contributed by atoms with Gasteiger partial charge in [-0.1, -0.05) is 0 Å². The zero-order valence-corrected chi connectivity index (χ0v) is 4.92. The third-order valence-corrected chi connectivity index (χ3v) is 1.09. The van der Waals surface area contributed by atoms with Gasteiger partial charge < -0.3 is 10.7 Å². The Morgan fingerprint density at radius 1 is 1.89 bits per heavy atom. The van der Waals surface area contributed by atoms with Crippen molar-refractivity contribution >= 4 is 11.7 Å². The van der Waals surface area contributed by atoms with E-state index in [9.17, 15) is 4.79 Å². The molecule has 0 radical (unpaired) electrons. The monoisotopic (exact) mass is 129 g/mol. The van der Waals surface area contributed by atoms with Crippen LogP contribution < -0.4 is 11.3 Å². The van der Waals surface area contributed by atoms with Gasteiger partial charge in [0.2, 0.25) is 0 Å². The highest BCUT2D eigenvalue weighted by atomic mass is 16.7. The number of nitrogens with zero attached hydrogens (tertiary/aromatic N) is 1. The summed E-state index contributed by atoms with van der Waals surface area (Å²) < 4.78 is 0. The van der Waals surface area contributed by atoms with Crippen LogP contribution in [-0.2, 0) is 9.63 Å². The molecule has 0 saturated carbocycles. The number of hydrogen-bond donors (Lipinski definition) is 2. The Labute approximate surface area is 51.8 Å². The highest BCUT2D eigenvalue weighted by Crippen LogP contribution is 1.97. The zero-order valence-electron chi connectivity index (χ0n) is 4.92. The number of carbonyl (C=O) groups excluding carboxylic acids is 1. The molecule has 1 fully saturated rings. The van der Waals surface area contributed by atoms with E-state index in [4.69, 9.17) is 5.84 Å². The van der Waals surface area contributed by atoms with Crippen LogP contribution in [0.2, 0.25) is 0 Å². The largest absolute Gasteiger partial charge is 0.374 e. The predicted octanol–water partition coefficient (Wildman–Crippen LogP) is -1.25. The summed E-state index contributed by atoms with van der Waals surface area (Å²) in [6, 6.07) is -0.192. The van der Waals surface area contributed by atoms with Gasteiger partial charge in [0.25, 0.3) is 0 Å². The summed E-state index contributed by atoms with van der Waals surface area (Å²) in [5.74, 6) is 4.37. The number of hydrazone groups is 1. The van der Waals surface area contributed by atoms with Crippen molar-refractivity contribution in [3.63, 3.8) is 0 Å². The van der Waals surface area contributed by atoms with Gasteiger partial charge in [0.05, 0.1) is 6.04 Å². The lowest BCUT2D eigenvalue weighted by atomic mass is 10.2. The van der Waals surface area contributed by atoms with Gasteiger partial charge >= 0.3 is 5.97 Å². The standard InChI is InChI=1S/C4H7N3O2/c1-2-3(6-5)4(8)9-7-2/h2,7H,5H2,1H3. The molecule has 9 heavy (non-hydrogen) atoms. The number of nitrogens with one attached hydrogen (secondary N) is 1. The maximum absolute atomic E-state index is 10.5. The van der Waals surface area contributed by atoms with Crippen LogP contribution in [0.15, 0.2) is 5.10 Å². The van der Waals surface area contributed by atoms with Crippen LogP contribution in [-0.4, -0.2) is 17.7 Å². The van der Waals surface area contributed by atoms with Crippen molar-refractivity contribution in [2.75, 3.05) is 0 Å². The van der Waals surface area contributed by atoms with Crippen LogP contribution in [0.25, 0.3) is 0 Å². The summed E-state index contributed by atoms with van der Waals surface area (Å²) in [4.78, 5) is 14.9. The molecule has 5 heteroatoms. The normalized spacial score (nSPS) is 31.0. The third-order valence-electron chi connectivity index (χ3n) is 1.09. The van der Waals surface area contributed by atoms with Gasteiger partial charge in [0.1, 0.15) is 0 Å². The first-order valence-electron chi connectivity index (χ1n) is 2.50. The topological polar surface area (TPSA) is 76.7 Å². The Bertz CT molecular complexity index is 165. The lowest BCUT2D eigenvalue weighted by molar-refractivity contribution is -0.138. The van der Waals surface area contributed by atoms with E-state index in [1.807, 2.05) is 0 Å². The summed E-state index contributed by atoms with van der Waals surface area (Å²) in [6.45, 7) is 1.73.